The van der Waals surface area contributed by atoms with Gasteiger partial charge in [-0.3, -0.25) is 4.90 Å². The van der Waals surface area contributed by atoms with Crippen LogP contribution in [0.3, 0.4) is 0 Å². The summed E-state index contributed by atoms with van der Waals surface area (Å²) >= 11 is 0. The predicted octanol–water partition coefficient (Wildman–Crippen LogP) is 5.92. The number of aliphatic hydroxyl groups excluding tert-OH is 1. The number of para-hydroxylation sites is 2. The largest absolute Gasteiger partial charge is 0.439 e. The van der Waals surface area contributed by atoms with Crippen molar-refractivity contribution < 1.29 is 9.84 Å². The summed E-state index contributed by atoms with van der Waals surface area (Å²) in [4.78, 5) is 2.35. The van der Waals surface area contributed by atoms with Crippen LogP contribution >= 0.6 is 0 Å². The molecule has 34 heavy (non-hydrogen) atoms. The molecule has 3 aromatic carbocycles. The highest BCUT2D eigenvalue weighted by atomic mass is 16.5. The summed E-state index contributed by atoms with van der Waals surface area (Å²) in [5.41, 5.74) is 3.89. The highest BCUT2D eigenvalue weighted by Crippen LogP contribution is 2.34. The Hall–Kier alpha value is -3.41. The number of aryl methyl sites for hydroxylation is 1. The Bertz CT molecular complexity index is 1190. The van der Waals surface area contributed by atoms with E-state index in [9.17, 15) is 5.11 Å². The first kappa shape index (κ1) is 22.4. The molecule has 1 aromatic heterocycles. The van der Waals surface area contributed by atoms with Gasteiger partial charge in [0.05, 0.1) is 23.0 Å². The van der Waals surface area contributed by atoms with Gasteiger partial charge in [0.15, 0.2) is 0 Å². The Labute approximate surface area is 201 Å². The van der Waals surface area contributed by atoms with Gasteiger partial charge in [0, 0.05) is 19.6 Å². The number of rotatable bonds is 10. The number of ether oxygens (including phenoxy) is 1. The number of benzene rings is 3. The maximum atomic E-state index is 11.0. The average molecular weight is 454 g/mol. The Morgan fingerprint density at radius 2 is 1.56 bits per heavy atom. The summed E-state index contributed by atoms with van der Waals surface area (Å²) in [5, 5.41) is 15.8. The molecule has 0 amide bonds. The number of aliphatic hydroxyl groups is 1. The van der Waals surface area contributed by atoms with Crippen molar-refractivity contribution in [2.24, 2.45) is 5.92 Å². The third-order valence-electron chi connectivity index (χ3n) is 6.31. The van der Waals surface area contributed by atoms with Gasteiger partial charge in [-0.15, -0.1) is 0 Å². The molecule has 0 aliphatic heterocycles. The van der Waals surface area contributed by atoms with Gasteiger partial charge in [0.2, 0.25) is 5.88 Å². The minimum atomic E-state index is -0.539. The third kappa shape index (κ3) is 5.38. The monoisotopic (exact) mass is 453 g/mol. The third-order valence-corrected chi connectivity index (χ3v) is 6.31. The summed E-state index contributed by atoms with van der Waals surface area (Å²) < 4.78 is 8.33. The summed E-state index contributed by atoms with van der Waals surface area (Å²) in [7, 11) is 0. The van der Waals surface area contributed by atoms with Gasteiger partial charge in [-0.2, -0.15) is 5.10 Å². The normalized spacial score (nSPS) is 14.3. The van der Waals surface area contributed by atoms with Crippen LogP contribution in [0.4, 0.5) is 0 Å². The van der Waals surface area contributed by atoms with Crippen LogP contribution in [-0.2, 0) is 6.54 Å². The van der Waals surface area contributed by atoms with E-state index < -0.39 is 6.10 Å². The molecule has 1 saturated carbocycles. The second-order valence-corrected chi connectivity index (χ2v) is 9.10. The lowest BCUT2D eigenvalue weighted by Crippen LogP contribution is -2.30. The molecule has 174 valence electrons. The molecule has 0 saturated heterocycles. The second kappa shape index (κ2) is 10.2. The lowest BCUT2D eigenvalue weighted by atomic mass is 10.1. The van der Waals surface area contributed by atoms with Gasteiger partial charge in [0.1, 0.15) is 5.75 Å². The van der Waals surface area contributed by atoms with Crippen molar-refractivity contribution in [2.45, 2.75) is 32.4 Å². The van der Waals surface area contributed by atoms with Crippen LogP contribution < -0.4 is 4.74 Å². The molecule has 1 aliphatic rings. The van der Waals surface area contributed by atoms with Crippen molar-refractivity contribution in [1.29, 1.82) is 0 Å². The summed E-state index contributed by atoms with van der Waals surface area (Å²) in [5.74, 6) is 2.20. The molecule has 0 radical (unpaired) electrons. The molecule has 1 atom stereocenters. The van der Waals surface area contributed by atoms with Crippen molar-refractivity contribution in [2.75, 3.05) is 13.1 Å². The Kier molecular flexibility index (Phi) is 6.74. The molecular weight excluding hydrogens is 422 g/mol. The summed E-state index contributed by atoms with van der Waals surface area (Å²) in [6.07, 6.45) is 1.98. The maximum absolute atomic E-state index is 11.0. The molecule has 1 aliphatic carbocycles. The van der Waals surface area contributed by atoms with E-state index in [1.807, 2.05) is 103 Å². The molecule has 1 N–H and O–H groups in total. The molecule has 4 aromatic rings. The number of hydrogen-bond acceptors (Lipinski definition) is 4. The van der Waals surface area contributed by atoms with Crippen LogP contribution in [0.1, 0.15) is 35.8 Å². The second-order valence-electron chi connectivity index (χ2n) is 9.10. The van der Waals surface area contributed by atoms with Gasteiger partial charge in [-0.1, -0.05) is 66.7 Å². The molecule has 1 heterocycles. The van der Waals surface area contributed by atoms with E-state index in [0.717, 1.165) is 40.7 Å². The van der Waals surface area contributed by atoms with Gasteiger partial charge in [-0.25, -0.2) is 4.68 Å². The minimum absolute atomic E-state index is 0.539. The van der Waals surface area contributed by atoms with E-state index in [0.29, 0.717) is 19.0 Å². The summed E-state index contributed by atoms with van der Waals surface area (Å²) in [6.45, 7) is 4.24. The first-order chi connectivity index (χ1) is 16.7. The zero-order valence-corrected chi connectivity index (χ0v) is 19.5. The fraction of sp³-hybridized carbons (Fsp3) is 0.276. The first-order valence-electron chi connectivity index (χ1n) is 12.0. The fourth-order valence-electron chi connectivity index (χ4n) is 4.29. The van der Waals surface area contributed by atoms with E-state index in [1.54, 1.807) is 0 Å². The zero-order valence-electron chi connectivity index (χ0n) is 19.5. The van der Waals surface area contributed by atoms with Gasteiger partial charge < -0.3 is 9.84 Å². The molecule has 5 nitrogen and oxygen atoms in total. The number of nitrogens with zero attached hydrogens (tertiary/aromatic N) is 3. The molecule has 1 fully saturated rings. The van der Waals surface area contributed by atoms with Gasteiger partial charge in [-0.05, 0) is 55.5 Å². The van der Waals surface area contributed by atoms with Crippen LogP contribution in [0.25, 0.3) is 5.69 Å². The highest BCUT2D eigenvalue weighted by Gasteiger charge is 2.28. The molecule has 0 unspecified atom stereocenters. The average Bonchev–Trinajstić information content (AvgIpc) is 3.65. The molecule has 0 bridgehead atoms. The van der Waals surface area contributed by atoms with E-state index in [-0.39, 0.29) is 0 Å². The lowest BCUT2D eigenvalue weighted by Gasteiger charge is -2.25. The highest BCUT2D eigenvalue weighted by molar-refractivity contribution is 5.43. The molecular formula is C29H31N3O2. The van der Waals surface area contributed by atoms with Crippen molar-refractivity contribution in [1.82, 2.24) is 14.7 Å². The van der Waals surface area contributed by atoms with Crippen molar-refractivity contribution in [3.63, 3.8) is 0 Å². The molecule has 5 heteroatoms. The zero-order chi connectivity index (χ0) is 23.3. The predicted molar refractivity (Wildman–Crippen MR) is 134 cm³/mol. The summed E-state index contributed by atoms with van der Waals surface area (Å²) in [6, 6.07) is 29.8. The van der Waals surface area contributed by atoms with E-state index in [2.05, 4.69) is 4.90 Å². The Morgan fingerprint density at radius 3 is 2.21 bits per heavy atom. The topological polar surface area (TPSA) is 50.5 Å². The van der Waals surface area contributed by atoms with E-state index >= 15 is 0 Å². The molecule has 5 rings (SSSR count). The van der Waals surface area contributed by atoms with Crippen LogP contribution in [0.15, 0.2) is 91.0 Å². The van der Waals surface area contributed by atoms with E-state index in [1.165, 1.54) is 12.8 Å². The molecule has 0 spiro atoms. The minimum Gasteiger partial charge on any atom is -0.439 e. The quantitative estimate of drug-likeness (QED) is 0.324. The first-order valence-corrected chi connectivity index (χ1v) is 12.0. The van der Waals surface area contributed by atoms with Crippen LogP contribution in [-0.4, -0.2) is 32.9 Å². The SMILES string of the molecule is Cc1nn(-c2ccccc2)c(Oc2ccccc2)c1CN(CC1CC1)C[C@H](O)c1ccccc1. The maximum Gasteiger partial charge on any atom is 0.227 e. The smallest absolute Gasteiger partial charge is 0.227 e. The Morgan fingerprint density at radius 1 is 0.941 bits per heavy atom. The number of aromatic nitrogens is 2. The van der Waals surface area contributed by atoms with Crippen LogP contribution in [0, 0.1) is 12.8 Å². The number of hydrogen-bond donors (Lipinski definition) is 1. The standard InChI is InChI=1S/C29H31N3O2/c1-22-27(20-31(19-23-17-18-23)21-28(33)24-11-5-2-6-12-24)29(34-26-15-9-4-10-16-26)32(30-22)25-13-7-3-8-14-25/h2-16,23,28,33H,17-21H2,1H3/t28-/m0/s1. The van der Waals surface area contributed by atoms with Crippen molar-refractivity contribution >= 4 is 0 Å². The fourth-order valence-corrected chi connectivity index (χ4v) is 4.29. The van der Waals surface area contributed by atoms with Gasteiger partial charge in [0.25, 0.3) is 0 Å². The van der Waals surface area contributed by atoms with Crippen LogP contribution in [0.5, 0.6) is 11.6 Å². The van der Waals surface area contributed by atoms with Crippen LogP contribution in [0.2, 0.25) is 0 Å². The van der Waals surface area contributed by atoms with Crippen molar-refractivity contribution in [3.8, 4) is 17.3 Å². The Balaban J connectivity index is 1.47. The van der Waals surface area contributed by atoms with Crippen molar-refractivity contribution in [3.05, 3.63) is 108 Å². The van der Waals surface area contributed by atoms with E-state index in [4.69, 9.17) is 9.84 Å². The van der Waals surface area contributed by atoms with Gasteiger partial charge >= 0.3 is 0 Å². The lowest BCUT2D eigenvalue weighted by molar-refractivity contribution is 0.105.